The molecule has 3 heteroatoms. The average Bonchev–Trinajstić information content (AvgIpc) is 2.31. The van der Waals surface area contributed by atoms with E-state index >= 15 is 0 Å². The minimum atomic E-state index is 0.459. The van der Waals surface area contributed by atoms with Crippen LogP contribution in [-0.2, 0) is 0 Å². The summed E-state index contributed by atoms with van der Waals surface area (Å²) in [6.07, 6.45) is 0. The number of anilines is 1. The first-order valence-corrected chi connectivity index (χ1v) is 6.10. The zero-order valence-corrected chi connectivity index (χ0v) is 11.6. The van der Waals surface area contributed by atoms with Crippen LogP contribution in [0.25, 0.3) is 0 Å². The van der Waals surface area contributed by atoms with Crippen molar-refractivity contribution in [2.45, 2.75) is 27.7 Å². The molecule has 0 aromatic heterocycles. The van der Waals surface area contributed by atoms with Gasteiger partial charge in [-0.3, -0.25) is 0 Å². The maximum Gasteiger partial charge on any atom is 0.145 e. The van der Waals surface area contributed by atoms with Crippen LogP contribution < -0.4 is 15.8 Å². The second-order valence-electron chi connectivity index (χ2n) is 4.77. The van der Waals surface area contributed by atoms with E-state index in [4.69, 9.17) is 10.5 Å². The molecule has 0 fully saturated rings. The van der Waals surface area contributed by atoms with E-state index < -0.39 is 0 Å². The van der Waals surface area contributed by atoms with Crippen molar-refractivity contribution < 1.29 is 4.74 Å². The van der Waals surface area contributed by atoms with E-state index in [0.717, 1.165) is 18.0 Å². The zero-order valence-electron chi connectivity index (χ0n) is 11.6. The molecule has 0 aliphatic carbocycles. The first kappa shape index (κ1) is 13.8. The van der Waals surface area contributed by atoms with Crippen LogP contribution in [0.5, 0.6) is 5.75 Å². The van der Waals surface area contributed by atoms with Gasteiger partial charge in [0, 0.05) is 6.54 Å². The number of hydrogen-bond acceptors (Lipinski definition) is 3. The van der Waals surface area contributed by atoms with Crippen molar-refractivity contribution in [2.24, 2.45) is 11.7 Å². The molecular weight excluding hydrogens is 212 g/mol. The predicted octanol–water partition coefficient (Wildman–Crippen LogP) is 2.63. The maximum atomic E-state index is 5.63. The molecule has 0 amide bonds. The number of hydrogen-bond donors (Lipinski definition) is 2. The van der Waals surface area contributed by atoms with Gasteiger partial charge in [-0.05, 0) is 49.9 Å². The Balaban J connectivity index is 3.01. The van der Waals surface area contributed by atoms with E-state index in [1.807, 2.05) is 0 Å². The van der Waals surface area contributed by atoms with Gasteiger partial charge in [0.25, 0.3) is 0 Å². The highest BCUT2D eigenvalue weighted by atomic mass is 16.5. The molecule has 3 nitrogen and oxygen atoms in total. The van der Waals surface area contributed by atoms with Crippen LogP contribution in [0.2, 0.25) is 0 Å². The third-order valence-corrected chi connectivity index (χ3v) is 3.22. The Hall–Kier alpha value is -1.22. The van der Waals surface area contributed by atoms with E-state index in [9.17, 15) is 0 Å². The smallest absolute Gasteiger partial charge is 0.145 e. The van der Waals surface area contributed by atoms with Crippen LogP contribution in [0.3, 0.4) is 0 Å². The van der Waals surface area contributed by atoms with E-state index in [1.165, 1.54) is 16.7 Å². The lowest BCUT2D eigenvalue weighted by molar-refractivity contribution is 0.412. The molecule has 0 heterocycles. The van der Waals surface area contributed by atoms with Crippen molar-refractivity contribution in [1.82, 2.24) is 0 Å². The van der Waals surface area contributed by atoms with Crippen molar-refractivity contribution in [3.8, 4) is 5.75 Å². The minimum absolute atomic E-state index is 0.459. The highest BCUT2D eigenvalue weighted by Crippen LogP contribution is 2.34. The van der Waals surface area contributed by atoms with Gasteiger partial charge in [-0.1, -0.05) is 13.0 Å². The number of methoxy groups -OCH3 is 1. The lowest BCUT2D eigenvalue weighted by atomic mass is 10.0. The van der Waals surface area contributed by atoms with Gasteiger partial charge in [0.05, 0.1) is 12.8 Å². The van der Waals surface area contributed by atoms with Crippen molar-refractivity contribution in [1.29, 1.82) is 0 Å². The Labute approximate surface area is 104 Å². The Morgan fingerprint density at radius 3 is 2.47 bits per heavy atom. The molecular formula is C14H24N2O. The number of nitrogens with two attached hydrogens (primary N) is 1. The van der Waals surface area contributed by atoms with Gasteiger partial charge in [0.1, 0.15) is 5.75 Å². The van der Waals surface area contributed by atoms with Crippen LogP contribution in [0, 0.1) is 26.7 Å². The summed E-state index contributed by atoms with van der Waals surface area (Å²) in [5, 5.41) is 3.45. The average molecular weight is 236 g/mol. The second-order valence-corrected chi connectivity index (χ2v) is 4.77. The molecule has 0 bridgehead atoms. The molecule has 1 atom stereocenters. The standard InChI is InChI=1S/C14H24N2O/c1-9(7-15)8-16-13-11(3)6-10(2)12(4)14(13)17-5/h6,9,16H,7-8,15H2,1-5H3. The molecule has 3 N–H and O–H groups in total. The van der Waals surface area contributed by atoms with Gasteiger partial charge in [-0.15, -0.1) is 0 Å². The Bertz CT molecular complexity index is 388. The fourth-order valence-electron chi connectivity index (χ4n) is 1.89. The van der Waals surface area contributed by atoms with Crippen molar-refractivity contribution in [2.75, 3.05) is 25.5 Å². The first-order valence-electron chi connectivity index (χ1n) is 6.10. The summed E-state index contributed by atoms with van der Waals surface area (Å²) in [5.74, 6) is 1.41. The molecule has 0 radical (unpaired) electrons. The summed E-state index contributed by atoms with van der Waals surface area (Å²) in [6.45, 7) is 10.00. The van der Waals surface area contributed by atoms with Crippen molar-refractivity contribution >= 4 is 5.69 Å². The monoisotopic (exact) mass is 236 g/mol. The van der Waals surface area contributed by atoms with E-state index in [-0.39, 0.29) is 0 Å². The zero-order chi connectivity index (χ0) is 13.0. The third-order valence-electron chi connectivity index (χ3n) is 3.22. The Morgan fingerprint density at radius 2 is 1.94 bits per heavy atom. The molecule has 0 saturated heterocycles. The maximum absolute atomic E-state index is 5.63. The van der Waals surface area contributed by atoms with Crippen LogP contribution in [-0.4, -0.2) is 20.2 Å². The number of aryl methyl sites for hydroxylation is 2. The van der Waals surface area contributed by atoms with Gasteiger partial charge < -0.3 is 15.8 Å². The normalized spacial score (nSPS) is 12.4. The van der Waals surface area contributed by atoms with Gasteiger partial charge in [-0.25, -0.2) is 0 Å². The third kappa shape index (κ3) is 3.13. The van der Waals surface area contributed by atoms with Crippen molar-refractivity contribution in [3.63, 3.8) is 0 Å². The van der Waals surface area contributed by atoms with Crippen LogP contribution in [0.15, 0.2) is 6.07 Å². The number of nitrogens with one attached hydrogen (secondary N) is 1. The van der Waals surface area contributed by atoms with Crippen LogP contribution in [0.1, 0.15) is 23.6 Å². The quantitative estimate of drug-likeness (QED) is 0.826. The SMILES string of the molecule is COc1c(C)c(C)cc(C)c1NCC(C)CN. The van der Waals surface area contributed by atoms with Crippen molar-refractivity contribution in [3.05, 3.63) is 22.8 Å². The Kier molecular flexibility index (Phi) is 4.82. The molecule has 0 saturated carbocycles. The second kappa shape index (κ2) is 5.92. The summed E-state index contributed by atoms with van der Waals surface area (Å²) < 4.78 is 5.51. The van der Waals surface area contributed by atoms with E-state index in [2.05, 4.69) is 39.1 Å². The largest absolute Gasteiger partial charge is 0.494 e. The minimum Gasteiger partial charge on any atom is -0.494 e. The summed E-state index contributed by atoms with van der Waals surface area (Å²) in [7, 11) is 1.72. The molecule has 1 aromatic rings. The molecule has 0 aliphatic heterocycles. The molecule has 1 aromatic carbocycles. The van der Waals surface area contributed by atoms with E-state index in [0.29, 0.717) is 12.5 Å². The summed E-state index contributed by atoms with van der Waals surface area (Å²) in [5.41, 5.74) is 10.4. The van der Waals surface area contributed by atoms with E-state index in [1.54, 1.807) is 7.11 Å². The Morgan fingerprint density at radius 1 is 1.29 bits per heavy atom. The molecule has 1 unspecified atom stereocenters. The highest BCUT2D eigenvalue weighted by Gasteiger charge is 2.12. The van der Waals surface area contributed by atoms with Gasteiger partial charge >= 0.3 is 0 Å². The number of ether oxygens (including phenoxy) is 1. The lowest BCUT2D eigenvalue weighted by Gasteiger charge is -2.19. The van der Waals surface area contributed by atoms with Crippen LogP contribution in [0.4, 0.5) is 5.69 Å². The number of rotatable bonds is 5. The summed E-state index contributed by atoms with van der Waals surface area (Å²) in [4.78, 5) is 0. The topological polar surface area (TPSA) is 47.3 Å². The molecule has 1 rings (SSSR count). The lowest BCUT2D eigenvalue weighted by Crippen LogP contribution is -2.20. The number of benzene rings is 1. The first-order chi connectivity index (χ1) is 8.01. The summed E-state index contributed by atoms with van der Waals surface area (Å²) >= 11 is 0. The fraction of sp³-hybridized carbons (Fsp3) is 0.571. The molecule has 17 heavy (non-hydrogen) atoms. The molecule has 0 aliphatic rings. The van der Waals surface area contributed by atoms with Gasteiger partial charge in [-0.2, -0.15) is 0 Å². The summed E-state index contributed by atoms with van der Waals surface area (Å²) in [6, 6.07) is 2.19. The van der Waals surface area contributed by atoms with Gasteiger partial charge in [0.15, 0.2) is 0 Å². The fourth-order valence-corrected chi connectivity index (χ4v) is 1.89. The van der Waals surface area contributed by atoms with Gasteiger partial charge in [0.2, 0.25) is 0 Å². The predicted molar refractivity (Wildman–Crippen MR) is 73.9 cm³/mol. The highest BCUT2D eigenvalue weighted by molar-refractivity contribution is 5.66. The van der Waals surface area contributed by atoms with Crippen LogP contribution >= 0.6 is 0 Å². The molecule has 0 spiro atoms. The molecule has 96 valence electrons.